The van der Waals surface area contributed by atoms with Gasteiger partial charge in [-0.1, -0.05) is 12.1 Å². The van der Waals surface area contributed by atoms with Crippen LogP contribution in [-0.2, 0) is 12.8 Å². The SMILES string of the molecule is Cc1c(CCc2ccc(NC3C=CC(C(F)(F)F)=N3)cc2)o[nH]c1=O. The first-order chi connectivity index (χ1) is 11.8. The Morgan fingerprint density at radius 1 is 1.24 bits per heavy atom. The Kier molecular flexibility index (Phi) is 4.52. The molecule has 2 heterocycles. The van der Waals surface area contributed by atoms with E-state index in [0.717, 1.165) is 11.6 Å². The quantitative estimate of drug-likeness (QED) is 0.868. The summed E-state index contributed by atoms with van der Waals surface area (Å²) in [5.41, 5.74) is 1.16. The van der Waals surface area contributed by atoms with Gasteiger partial charge < -0.3 is 9.84 Å². The van der Waals surface area contributed by atoms with Gasteiger partial charge in [-0.3, -0.25) is 9.79 Å². The number of alkyl halides is 3. The van der Waals surface area contributed by atoms with Crippen molar-refractivity contribution in [2.45, 2.75) is 32.1 Å². The lowest BCUT2D eigenvalue weighted by molar-refractivity contribution is -0.0576. The standard InChI is InChI=1S/C17H16F3N3O2/c1-10-13(25-23-16(10)24)7-4-11-2-5-12(6-3-11)21-15-9-8-14(22-15)17(18,19)20/h2-3,5-6,8-9,15,21H,4,7H2,1H3,(H,23,24). The summed E-state index contributed by atoms with van der Waals surface area (Å²) in [5, 5.41) is 5.21. The maximum atomic E-state index is 12.5. The fraction of sp³-hybridized carbons (Fsp3) is 0.294. The summed E-state index contributed by atoms with van der Waals surface area (Å²) < 4.78 is 42.7. The molecule has 5 nitrogen and oxygen atoms in total. The summed E-state index contributed by atoms with van der Waals surface area (Å²) in [7, 11) is 0. The van der Waals surface area contributed by atoms with Crippen molar-refractivity contribution in [1.82, 2.24) is 5.16 Å². The summed E-state index contributed by atoms with van der Waals surface area (Å²) in [5.74, 6) is 0.623. The predicted octanol–water partition coefficient (Wildman–Crippen LogP) is 3.37. The van der Waals surface area contributed by atoms with Gasteiger partial charge in [-0.2, -0.15) is 18.3 Å². The van der Waals surface area contributed by atoms with Crippen LogP contribution in [0.4, 0.5) is 18.9 Å². The zero-order valence-corrected chi connectivity index (χ0v) is 13.4. The minimum Gasteiger partial charge on any atom is -0.383 e. The third-order valence-corrected chi connectivity index (χ3v) is 3.94. The van der Waals surface area contributed by atoms with Crippen LogP contribution < -0.4 is 10.9 Å². The van der Waals surface area contributed by atoms with Crippen molar-refractivity contribution in [3.8, 4) is 0 Å². The van der Waals surface area contributed by atoms with E-state index < -0.39 is 18.1 Å². The molecule has 0 bridgehead atoms. The summed E-state index contributed by atoms with van der Waals surface area (Å²) >= 11 is 0. The largest absolute Gasteiger partial charge is 0.432 e. The monoisotopic (exact) mass is 351 g/mol. The number of nitrogens with zero attached hydrogens (tertiary/aromatic N) is 1. The topological polar surface area (TPSA) is 70.4 Å². The van der Waals surface area contributed by atoms with Gasteiger partial charge in [0.25, 0.3) is 5.56 Å². The summed E-state index contributed by atoms with van der Waals surface area (Å²) in [6, 6.07) is 7.31. The second kappa shape index (κ2) is 6.62. The van der Waals surface area contributed by atoms with Crippen LogP contribution in [0.15, 0.2) is 50.7 Å². The Bertz CT molecular complexity index is 860. The third kappa shape index (κ3) is 4.01. The maximum Gasteiger partial charge on any atom is 0.432 e. The Hall–Kier alpha value is -2.77. The molecular weight excluding hydrogens is 335 g/mol. The third-order valence-electron chi connectivity index (χ3n) is 3.94. The van der Waals surface area contributed by atoms with Crippen molar-refractivity contribution in [2.24, 2.45) is 4.99 Å². The molecule has 1 aliphatic rings. The number of benzene rings is 1. The van der Waals surface area contributed by atoms with Gasteiger partial charge >= 0.3 is 6.18 Å². The van der Waals surface area contributed by atoms with E-state index >= 15 is 0 Å². The number of halogens is 3. The molecule has 1 unspecified atom stereocenters. The fourth-order valence-corrected chi connectivity index (χ4v) is 2.49. The molecule has 2 N–H and O–H groups in total. The van der Waals surface area contributed by atoms with Crippen LogP contribution in [0, 0.1) is 6.92 Å². The van der Waals surface area contributed by atoms with Crippen LogP contribution in [0.5, 0.6) is 0 Å². The molecule has 132 valence electrons. The summed E-state index contributed by atoms with van der Waals surface area (Å²) in [4.78, 5) is 14.9. The Balaban J connectivity index is 1.58. The number of hydrogen-bond acceptors (Lipinski definition) is 4. The van der Waals surface area contributed by atoms with Gasteiger partial charge in [-0.05, 0) is 43.2 Å². The lowest BCUT2D eigenvalue weighted by atomic mass is 10.1. The number of aliphatic imine (C=N–C) groups is 1. The van der Waals surface area contributed by atoms with Crippen LogP contribution >= 0.6 is 0 Å². The second-order valence-electron chi connectivity index (χ2n) is 5.74. The Labute approximate surface area is 141 Å². The van der Waals surface area contributed by atoms with Crippen molar-refractivity contribution < 1.29 is 17.7 Å². The summed E-state index contributed by atoms with van der Waals surface area (Å²) in [6.07, 6.45) is -1.54. The van der Waals surface area contributed by atoms with Crippen molar-refractivity contribution in [1.29, 1.82) is 0 Å². The molecule has 8 heteroatoms. The van der Waals surface area contributed by atoms with Crippen LogP contribution in [-0.4, -0.2) is 23.2 Å². The van der Waals surface area contributed by atoms with E-state index in [2.05, 4.69) is 15.5 Å². The molecule has 3 rings (SSSR count). The molecule has 0 aliphatic carbocycles. The summed E-state index contributed by atoms with van der Waals surface area (Å²) in [6.45, 7) is 1.70. The number of hydrogen-bond donors (Lipinski definition) is 2. The first-order valence-corrected chi connectivity index (χ1v) is 7.68. The van der Waals surface area contributed by atoms with Gasteiger partial charge in [0.05, 0.1) is 5.56 Å². The maximum absolute atomic E-state index is 12.5. The van der Waals surface area contributed by atoms with E-state index in [9.17, 15) is 18.0 Å². The molecular formula is C17H16F3N3O2. The number of rotatable bonds is 5. The van der Waals surface area contributed by atoms with Crippen molar-refractivity contribution in [3.05, 3.63) is 63.7 Å². The predicted molar refractivity (Wildman–Crippen MR) is 88.0 cm³/mol. The van der Waals surface area contributed by atoms with E-state index in [1.165, 1.54) is 6.08 Å². The van der Waals surface area contributed by atoms with E-state index in [1.807, 2.05) is 12.1 Å². The lowest BCUT2D eigenvalue weighted by Gasteiger charge is -2.11. The Morgan fingerprint density at radius 3 is 2.52 bits per heavy atom. The molecule has 2 aromatic rings. The molecule has 1 aromatic heterocycles. The molecule has 1 aromatic carbocycles. The molecule has 0 amide bonds. The highest BCUT2D eigenvalue weighted by Gasteiger charge is 2.36. The smallest absolute Gasteiger partial charge is 0.383 e. The molecule has 0 radical (unpaired) electrons. The number of aromatic nitrogens is 1. The first kappa shape index (κ1) is 17.1. The van der Waals surface area contributed by atoms with E-state index in [4.69, 9.17) is 4.52 Å². The first-order valence-electron chi connectivity index (χ1n) is 7.68. The highest BCUT2D eigenvalue weighted by molar-refractivity contribution is 6.01. The zero-order valence-electron chi connectivity index (χ0n) is 13.4. The number of anilines is 1. The minimum absolute atomic E-state index is 0.224. The van der Waals surface area contributed by atoms with E-state index in [0.29, 0.717) is 29.9 Å². The minimum atomic E-state index is -4.43. The van der Waals surface area contributed by atoms with Gasteiger partial charge in [-0.25, -0.2) is 0 Å². The van der Waals surface area contributed by atoms with E-state index in [-0.39, 0.29) is 5.56 Å². The van der Waals surface area contributed by atoms with Gasteiger partial charge in [0.1, 0.15) is 17.6 Å². The Morgan fingerprint density at radius 2 is 1.96 bits per heavy atom. The molecule has 0 saturated carbocycles. The van der Waals surface area contributed by atoms with Gasteiger partial charge in [-0.15, -0.1) is 0 Å². The number of aryl methyl sites for hydroxylation is 2. The van der Waals surface area contributed by atoms with Crippen LogP contribution in [0.1, 0.15) is 16.9 Å². The molecule has 0 spiro atoms. The highest BCUT2D eigenvalue weighted by atomic mass is 19.4. The average molecular weight is 351 g/mol. The van der Waals surface area contributed by atoms with Crippen LogP contribution in [0.2, 0.25) is 0 Å². The second-order valence-corrected chi connectivity index (χ2v) is 5.74. The normalized spacial score (nSPS) is 17.0. The van der Waals surface area contributed by atoms with Crippen LogP contribution in [0.25, 0.3) is 0 Å². The molecule has 0 fully saturated rings. The zero-order chi connectivity index (χ0) is 18.0. The number of nitrogens with one attached hydrogen (secondary N) is 2. The van der Waals surface area contributed by atoms with Crippen LogP contribution in [0.3, 0.4) is 0 Å². The van der Waals surface area contributed by atoms with Gasteiger partial charge in [0, 0.05) is 12.1 Å². The molecule has 1 atom stereocenters. The molecule has 0 saturated heterocycles. The van der Waals surface area contributed by atoms with Crippen molar-refractivity contribution in [3.63, 3.8) is 0 Å². The number of aromatic amines is 1. The molecule has 25 heavy (non-hydrogen) atoms. The highest BCUT2D eigenvalue weighted by Crippen LogP contribution is 2.23. The lowest BCUT2D eigenvalue weighted by Crippen LogP contribution is -2.21. The van der Waals surface area contributed by atoms with Gasteiger partial charge in [0.2, 0.25) is 0 Å². The fourth-order valence-electron chi connectivity index (χ4n) is 2.49. The number of allylic oxidation sites excluding steroid dienone is 1. The number of H-pyrrole nitrogens is 1. The molecule has 1 aliphatic heterocycles. The van der Waals surface area contributed by atoms with Crippen molar-refractivity contribution in [2.75, 3.05) is 5.32 Å². The average Bonchev–Trinajstić information content (AvgIpc) is 3.15. The van der Waals surface area contributed by atoms with Crippen molar-refractivity contribution >= 4 is 11.4 Å². The van der Waals surface area contributed by atoms with Gasteiger partial charge in [0.15, 0.2) is 0 Å². The van der Waals surface area contributed by atoms with E-state index in [1.54, 1.807) is 19.1 Å².